The van der Waals surface area contributed by atoms with Crippen molar-refractivity contribution in [1.29, 1.82) is 5.26 Å². The summed E-state index contributed by atoms with van der Waals surface area (Å²) in [6.07, 6.45) is 1.26. The van der Waals surface area contributed by atoms with Gasteiger partial charge in [0.2, 0.25) is 0 Å². The Bertz CT molecular complexity index is 786. The average Bonchev–Trinajstić information content (AvgIpc) is 2.72. The van der Waals surface area contributed by atoms with Crippen molar-refractivity contribution in [2.75, 3.05) is 4.72 Å². The minimum absolute atomic E-state index is 0.0362. The second-order valence-corrected chi connectivity index (χ2v) is 6.17. The van der Waals surface area contributed by atoms with Crippen molar-refractivity contribution in [1.82, 2.24) is 9.78 Å². The molecule has 0 unspecified atom stereocenters. The van der Waals surface area contributed by atoms with Gasteiger partial charge in [0.05, 0.1) is 28.5 Å². The maximum Gasteiger partial charge on any atom is 0.280 e. The van der Waals surface area contributed by atoms with Crippen LogP contribution in [0, 0.1) is 18.3 Å². The highest BCUT2D eigenvalue weighted by molar-refractivity contribution is 7.92. The largest absolute Gasteiger partial charge is 0.280 e. The molecule has 2 rings (SSSR count). The molecule has 104 valence electrons. The molecule has 1 N–H and O–H groups in total. The van der Waals surface area contributed by atoms with Crippen molar-refractivity contribution in [2.24, 2.45) is 7.05 Å². The predicted octanol–water partition coefficient (Wildman–Crippen LogP) is 2.05. The van der Waals surface area contributed by atoms with E-state index in [0.717, 1.165) is 0 Å². The zero-order chi connectivity index (χ0) is 14.9. The molecule has 1 heterocycles. The fourth-order valence-corrected chi connectivity index (χ4v) is 3.48. The molecule has 0 aliphatic rings. The molecule has 8 heteroatoms. The molecule has 6 nitrogen and oxygen atoms in total. The first-order valence-corrected chi connectivity index (χ1v) is 7.42. The number of anilines is 1. The average molecular weight is 311 g/mol. The number of aryl methyl sites for hydroxylation is 2. The van der Waals surface area contributed by atoms with Gasteiger partial charge in [-0.3, -0.25) is 9.40 Å². The molecule has 1 aromatic heterocycles. The van der Waals surface area contributed by atoms with Gasteiger partial charge < -0.3 is 0 Å². The van der Waals surface area contributed by atoms with Crippen LogP contribution < -0.4 is 4.72 Å². The van der Waals surface area contributed by atoms with Gasteiger partial charge in [0.25, 0.3) is 10.0 Å². The van der Waals surface area contributed by atoms with Crippen LogP contribution in [-0.4, -0.2) is 18.2 Å². The Labute approximate surface area is 121 Å². The first kappa shape index (κ1) is 14.4. The summed E-state index contributed by atoms with van der Waals surface area (Å²) in [6.45, 7) is 1.74. The van der Waals surface area contributed by atoms with Crippen LogP contribution in [0.5, 0.6) is 0 Å². The molecule has 0 saturated heterocycles. The number of hydrogen-bond donors (Lipinski definition) is 1. The Morgan fingerprint density at radius 2 is 2.15 bits per heavy atom. The summed E-state index contributed by atoms with van der Waals surface area (Å²) in [6, 6.07) is 6.71. The van der Waals surface area contributed by atoms with E-state index in [0.29, 0.717) is 16.8 Å². The van der Waals surface area contributed by atoms with Gasteiger partial charge in [-0.1, -0.05) is 17.7 Å². The van der Waals surface area contributed by atoms with Crippen LogP contribution in [0.25, 0.3) is 0 Å². The molecule has 0 radical (unpaired) electrons. The minimum Gasteiger partial charge on any atom is -0.278 e. The van der Waals surface area contributed by atoms with Gasteiger partial charge in [-0.15, -0.1) is 0 Å². The van der Waals surface area contributed by atoms with Gasteiger partial charge >= 0.3 is 0 Å². The van der Waals surface area contributed by atoms with Crippen LogP contribution in [0.1, 0.15) is 11.1 Å². The number of rotatable bonds is 3. The molecule has 0 saturated carbocycles. The van der Waals surface area contributed by atoms with Gasteiger partial charge in [0.15, 0.2) is 5.03 Å². The van der Waals surface area contributed by atoms with Gasteiger partial charge in [-0.2, -0.15) is 18.8 Å². The Morgan fingerprint density at radius 3 is 2.70 bits per heavy atom. The highest BCUT2D eigenvalue weighted by atomic mass is 35.5. The van der Waals surface area contributed by atoms with E-state index in [-0.39, 0.29) is 10.0 Å². The van der Waals surface area contributed by atoms with Crippen LogP contribution in [0.3, 0.4) is 0 Å². The van der Waals surface area contributed by atoms with Gasteiger partial charge in [-0.05, 0) is 24.6 Å². The summed E-state index contributed by atoms with van der Waals surface area (Å²) in [5, 5.41) is 12.6. The smallest absolute Gasteiger partial charge is 0.278 e. The molecule has 1 aromatic carbocycles. The Kier molecular flexibility index (Phi) is 3.70. The molecular weight excluding hydrogens is 300 g/mol. The van der Waals surface area contributed by atoms with E-state index in [1.165, 1.54) is 24.0 Å². The maximum atomic E-state index is 12.3. The van der Waals surface area contributed by atoms with E-state index in [4.69, 9.17) is 16.9 Å². The van der Waals surface area contributed by atoms with Gasteiger partial charge in [-0.25, -0.2) is 0 Å². The van der Waals surface area contributed by atoms with E-state index in [2.05, 4.69) is 9.82 Å². The number of aromatic nitrogens is 2. The third kappa shape index (κ3) is 2.61. The number of nitrogens with zero attached hydrogens (tertiary/aromatic N) is 3. The summed E-state index contributed by atoms with van der Waals surface area (Å²) >= 11 is 5.84. The number of nitrogens with one attached hydrogen (secondary N) is 1. The van der Waals surface area contributed by atoms with E-state index in [9.17, 15) is 8.42 Å². The van der Waals surface area contributed by atoms with E-state index in [1.54, 1.807) is 19.1 Å². The SMILES string of the molecule is Cc1ccc(C#N)cc1NS(=O)(=O)c1c(Cl)cnn1C. The first-order valence-electron chi connectivity index (χ1n) is 5.56. The third-order valence-corrected chi connectivity index (χ3v) is 4.58. The number of nitriles is 1. The summed E-state index contributed by atoms with van der Waals surface area (Å²) < 4.78 is 28.2. The fraction of sp³-hybridized carbons (Fsp3) is 0.167. The lowest BCUT2D eigenvalue weighted by molar-refractivity contribution is 0.582. The van der Waals surface area contributed by atoms with Crippen LogP contribution in [0.2, 0.25) is 5.02 Å². The topological polar surface area (TPSA) is 87.8 Å². The van der Waals surface area contributed by atoms with Crippen LogP contribution in [-0.2, 0) is 17.1 Å². The normalized spacial score (nSPS) is 11.1. The monoisotopic (exact) mass is 310 g/mol. The standard InChI is InChI=1S/C12H11ClN4O2S/c1-8-3-4-9(6-14)5-11(8)16-20(18,19)12-10(13)7-15-17(12)2/h3-5,7,16H,1-2H3. The highest BCUT2D eigenvalue weighted by Crippen LogP contribution is 2.24. The fourth-order valence-electron chi connectivity index (χ4n) is 1.70. The number of halogens is 1. The molecule has 0 aliphatic carbocycles. The molecule has 0 atom stereocenters. The van der Waals surface area contributed by atoms with Crippen LogP contribution >= 0.6 is 11.6 Å². The molecule has 0 spiro atoms. The lowest BCUT2D eigenvalue weighted by Gasteiger charge is -2.11. The second-order valence-electron chi connectivity index (χ2n) is 4.17. The molecule has 20 heavy (non-hydrogen) atoms. The Morgan fingerprint density at radius 1 is 1.45 bits per heavy atom. The van der Waals surface area contributed by atoms with Crippen molar-refractivity contribution < 1.29 is 8.42 Å². The van der Waals surface area contributed by atoms with Crippen LogP contribution in [0.15, 0.2) is 29.4 Å². The van der Waals surface area contributed by atoms with E-state index < -0.39 is 10.0 Å². The number of sulfonamides is 1. The Balaban J connectivity index is 2.47. The zero-order valence-electron chi connectivity index (χ0n) is 10.8. The van der Waals surface area contributed by atoms with Crippen molar-refractivity contribution in [3.63, 3.8) is 0 Å². The zero-order valence-corrected chi connectivity index (χ0v) is 12.3. The van der Waals surface area contributed by atoms with Crippen molar-refractivity contribution in [2.45, 2.75) is 11.9 Å². The molecular formula is C12H11ClN4O2S. The summed E-state index contributed by atoms with van der Waals surface area (Å²) in [4.78, 5) is 0. The second kappa shape index (κ2) is 5.15. The molecule has 0 amide bonds. The summed E-state index contributed by atoms with van der Waals surface area (Å²) in [5.41, 5.74) is 1.40. The van der Waals surface area contributed by atoms with Crippen molar-refractivity contribution in [3.8, 4) is 6.07 Å². The highest BCUT2D eigenvalue weighted by Gasteiger charge is 2.23. The lowest BCUT2D eigenvalue weighted by atomic mass is 10.1. The number of benzene rings is 1. The summed E-state index contributed by atoms with van der Waals surface area (Å²) in [5.74, 6) is 0. The predicted molar refractivity (Wildman–Crippen MR) is 74.9 cm³/mol. The van der Waals surface area contributed by atoms with Gasteiger partial charge in [0, 0.05) is 7.05 Å². The molecule has 2 aromatic rings. The van der Waals surface area contributed by atoms with E-state index in [1.807, 2.05) is 6.07 Å². The first-order chi connectivity index (χ1) is 9.35. The van der Waals surface area contributed by atoms with Crippen LogP contribution in [0.4, 0.5) is 5.69 Å². The molecule has 0 bridgehead atoms. The van der Waals surface area contributed by atoms with E-state index >= 15 is 0 Å². The maximum absolute atomic E-state index is 12.3. The van der Waals surface area contributed by atoms with Crippen molar-refractivity contribution in [3.05, 3.63) is 40.5 Å². The third-order valence-electron chi connectivity index (χ3n) is 2.71. The Hall–Kier alpha value is -2.04. The lowest BCUT2D eigenvalue weighted by Crippen LogP contribution is -2.17. The molecule has 0 fully saturated rings. The summed E-state index contributed by atoms with van der Waals surface area (Å²) in [7, 11) is -2.38. The quantitative estimate of drug-likeness (QED) is 0.939. The van der Waals surface area contributed by atoms with Gasteiger partial charge in [0.1, 0.15) is 0 Å². The molecule has 0 aliphatic heterocycles. The van der Waals surface area contributed by atoms with Crippen molar-refractivity contribution >= 4 is 27.3 Å². The number of hydrogen-bond acceptors (Lipinski definition) is 4. The minimum atomic E-state index is -3.87.